The standard InChI is InChI=1S/C13H6BrClFIN2S.C2H6/c14-7-4-9-10(6-19(20-17)13(9)18-5-7)8-2-1-3-11(16)12(8)15;1-2/h1-6H;1-2H3. The summed E-state index contributed by atoms with van der Waals surface area (Å²) in [6, 6.07) is 6.78. The summed E-state index contributed by atoms with van der Waals surface area (Å²) in [7, 11) is 1.50. The van der Waals surface area contributed by atoms with Gasteiger partial charge in [-0.1, -0.05) is 37.6 Å². The second-order valence-electron chi connectivity index (χ2n) is 4.06. The first-order valence-corrected chi connectivity index (χ1v) is 11.0. The van der Waals surface area contributed by atoms with Crippen molar-refractivity contribution >= 4 is 68.9 Å². The number of aromatic nitrogens is 2. The molecular formula is C15H12BrClFIN2S. The Labute approximate surface area is 158 Å². The van der Waals surface area contributed by atoms with E-state index in [-0.39, 0.29) is 5.02 Å². The lowest BCUT2D eigenvalue weighted by Gasteiger charge is -2.03. The van der Waals surface area contributed by atoms with Crippen molar-refractivity contribution < 1.29 is 4.39 Å². The minimum atomic E-state index is -0.421. The summed E-state index contributed by atoms with van der Waals surface area (Å²) in [5.41, 5.74) is 2.35. The summed E-state index contributed by atoms with van der Waals surface area (Å²) in [6.07, 6.45) is 3.66. The average molecular weight is 514 g/mol. The van der Waals surface area contributed by atoms with E-state index in [0.29, 0.717) is 5.56 Å². The second-order valence-corrected chi connectivity index (χ2v) is 7.07. The second kappa shape index (κ2) is 7.99. The molecule has 0 aliphatic heterocycles. The van der Waals surface area contributed by atoms with Crippen LogP contribution in [0.3, 0.4) is 0 Å². The topological polar surface area (TPSA) is 17.8 Å². The van der Waals surface area contributed by atoms with Gasteiger partial charge in [-0.25, -0.2) is 9.37 Å². The molecule has 3 aromatic rings. The fourth-order valence-corrected chi connectivity index (χ4v) is 3.85. The third-order valence-corrected chi connectivity index (χ3v) is 5.41. The molecule has 3 rings (SSSR count). The molecule has 2 nitrogen and oxygen atoms in total. The van der Waals surface area contributed by atoms with Gasteiger partial charge in [-0.2, -0.15) is 0 Å². The van der Waals surface area contributed by atoms with Crippen LogP contribution >= 0.6 is 57.9 Å². The number of rotatable bonds is 2. The first kappa shape index (κ1) is 18.0. The Bertz CT molecular complexity index is 810. The summed E-state index contributed by atoms with van der Waals surface area (Å²) in [5.74, 6) is -0.421. The minimum absolute atomic E-state index is 0.130. The molecule has 2 heterocycles. The van der Waals surface area contributed by atoms with E-state index in [0.717, 1.165) is 21.1 Å². The normalized spacial score (nSPS) is 10.5. The Kier molecular flexibility index (Phi) is 6.55. The fourth-order valence-electron chi connectivity index (χ4n) is 2.03. The van der Waals surface area contributed by atoms with Crippen LogP contribution in [0, 0.1) is 5.82 Å². The van der Waals surface area contributed by atoms with Crippen LogP contribution in [0.2, 0.25) is 5.02 Å². The van der Waals surface area contributed by atoms with Crippen molar-refractivity contribution in [1.82, 2.24) is 8.96 Å². The van der Waals surface area contributed by atoms with Gasteiger partial charge in [0.1, 0.15) is 5.82 Å². The lowest BCUT2D eigenvalue weighted by molar-refractivity contribution is 0.629. The van der Waals surface area contributed by atoms with Crippen LogP contribution in [0.15, 0.2) is 41.1 Å². The molecule has 0 bridgehead atoms. The minimum Gasteiger partial charge on any atom is -0.265 e. The maximum Gasteiger partial charge on any atom is 0.151 e. The van der Waals surface area contributed by atoms with Crippen molar-refractivity contribution in [3.05, 3.63) is 52.0 Å². The summed E-state index contributed by atoms with van der Waals surface area (Å²) < 4.78 is 16.5. The molecule has 1 aromatic carbocycles. The Morgan fingerprint density at radius 3 is 2.73 bits per heavy atom. The fraction of sp³-hybridized carbons (Fsp3) is 0.133. The van der Waals surface area contributed by atoms with Gasteiger partial charge in [-0.3, -0.25) is 3.97 Å². The summed E-state index contributed by atoms with van der Waals surface area (Å²) >= 11 is 11.7. The van der Waals surface area contributed by atoms with Gasteiger partial charge in [0.15, 0.2) is 5.65 Å². The summed E-state index contributed by atoms with van der Waals surface area (Å²) in [5, 5.41) is 1.06. The summed E-state index contributed by atoms with van der Waals surface area (Å²) in [4.78, 5) is 4.40. The molecule has 7 heteroatoms. The molecule has 0 aliphatic carbocycles. The first-order chi connectivity index (χ1) is 10.6. The zero-order chi connectivity index (χ0) is 16.3. The van der Waals surface area contributed by atoms with Crippen molar-refractivity contribution in [2.75, 3.05) is 0 Å². The number of fused-ring (bicyclic) bond motifs is 1. The molecular weight excluding hydrogens is 502 g/mol. The molecule has 0 atom stereocenters. The van der Waals surface area contributed by atoms with E-state index >= 15 is 0 Å². The van der Waals surface area contributed by atoms with E-state index in [4.69, 9.17) is 11.6 Å². The van der Waals surface area contributed by atoms with Crippen molar-refractivity contribution in [2.24, 2.45) is 0 Å². The molecule has 2 aromatic heterocycles. The predicted octanol–water partition coefficient (Wildman–Crippen LogP) is 7.13. The maximum absolute atomic E-state index is 13.7. The number of hydrogen-bond acceptors (Lipinski definition) is 2. The van der Waals surface area contributed by atoms with Crippen LogP contribution in [-0.4, -0.2) is 8.96 Å². The largest absolute Gasteiger partial charge is 0.265 e. The van der Waals surface area contributed by atoms with Crippen molar-refractivity contribution in [3.8, 4) is 11.1 Å². The third-order valence-electron chi connectivity index (χ3n) is 2.89. The summed E-state index contributed by atoms with van der Waals surface area (Å²) in [6.45, 7) is 4.00. The number of nitrogens with zero attached hydrogens (tertiary/aromatic N) is 2. The number of hydrogen-bond donors (Lipinski definition) is 0. The predicted molar refractivity (Wildman–Crippen MR) is 106 cm³/mol. The van der Waals surface area contributed by atoms with Gasteiger partial charge in [0, 0.05) is 63.7 Å². The van der Waals surface area contributed by atoms with E-state index in [9.17, 15) is 4.39 Å². The molecule has 0 spiro atoms. The zero-order valence-electron chi connectivity index (χ0n) is 11.8. The van der Waals surface area contributed by atoms with E-state index in [2.05, 4.69) is 42.1 Å². The Morgan fingerprint density at radius 1 is 1.32 bits per heavy atom. The van der Waals surface area contributed by atoms with Crippen molar-refractivity contribution in [2.45, 2.75) is 13.8 Å². The zero-order valence-corrected chi connectivity index (χ0v) is 17.1. The SMILES string of the molecule is CC.Fc1cccc(-c2cn(SI)c3ncc(Br)cc23)c1Cl. The molecule has 0 radical (unpaired) electrons. The Hall–Kier alpha value is -0.310. The van der Waals surface area contributed by atoms with Crippen molar-refractivity contribution in [1.29, 1.82) is 0 Å². The molecule has 0 saturated heterocycles. The molecule has 116 valence electrons. The molecule has 0 fully saturated rings. The van der Waals surface area contributed by atoms with Crippen LogP contribution in [0.5, 0.6) is 0 Å². The van der Waals surface area contributed by atoms with E-state index in [1.54, 1.807) is 12.3 Å². The number of pyridine rings is 1. The Morgan fingerprint density at radius 2 is 2.05 bits per heavy atom. The van der Waals surface area contributed by atoms with Gasteiger partial charge in [0.25, 0.3) is 0 Å². The smallest absolute Gasteiger partial charge is 0.151 e. The van der Waals surface area contributed by atoms with Gasteiger partial charge < -0.3 is 0 Å². The van der Waals surface area contributed by atoms with E-state index in [1.165, 1.54) is 15.2 Å². The highest BCUT2D eigenvalue weighted by Crippen LogP contribution is 2.38. The van der Waals surface area contributed by atoms with Gasteiger partial charge in [-0.05, 0) is 28.1 Å². The van der Waals surface area contributed by atoms with Crippen LogP contribution in [-0.2, 0) is 0 Å². The highest BCUT2D eigenvalue weighted by atomic mass is 127. The molecule has 0 amide bonds. The molecule has 0 unspecified atom stereocenters. The van der Waals surface area contributed by atoms with Crippen LogP contribution in [0.1, 0.15) is 13.8 Å². The van der Waals surface area contributed by atoms with Crippen molar-refractivity contribution in [3.63, 3.8) is 0 Å². The number of halogens is 4. The van der Waals surface area contributed by atoms with E-state index in [1.807, 2.05) is 36.1 Å². The third kappa shape index (κ3) is 3.44. The maximum atomic E-state index is 13.7. The van der Waals surface area contributed by atoms with Crippen LogP contribution in [0.25, 0.3) is 22.2 Å². The monoisotopic (exact) mass is 512 g/mol. The lowest BCUT2D eigenvalue weighted by Crippen LogP contribution is -1.83. The molecule has 22 heavy (non-hydrogen) atoms. The Balaban J connectivity index is 0.000000847. The molecule has 0 saturated carbocycles. The highest BCUT2D eigenvalue weighted by molar-refractivity contribution is 14.2. The van der Waals surface area contributed by atoms with Crippen LogP contribution < -0.4 is 0 Å². The lowest BCUT2D eigenvalue weighted by atomic mass is 10.1. The van der Waals surface area contributed by atoms with Crippen LogP contribution in [0.4, 0.5) is 4.39 Å². The quantitative estimate of drug-likeness (QED) is 0.339. The van der Waals surface area contributed by atoms with Gasteiger partial charge in [-0.15, -0.1) is 0 Å². The van der Waals surface area contributed by atoms with Gasteiger partial charge >= 0.3 is 0 Å². The molecule has 0 aliphatic rings. The average Bonchev–Trinajstić information content (AvgIpc) is 2.89. The van der Waals surface area contributed by atoms with Gasteiger partial charge in [0.2, 0.25) is 0 Å². The molecule has 0 N–H and O–H groups in total. The van der Waals surface area contributed by atoms with Gasteiger partial charge in [0.05, 0.1) is 5.02 Å². The highest BCUT2D eigenvalue weighted by Gasteiger charge is 2.16. The first-order valence-electron chi connectivity index (χ1n) is 6.52. The number of benzene rings is 1. The van der Waals surface area contributed by atoms with E-state index < -0.39 is 5.82 Å².